The number of rotatable bonds is 5. The highest BCUT2D eigenvalue weighted by molar-refractivity contribution is 7.89. The molecule has 1 aromatic rings. The molecule has 6 rings (SSSR count). The maximum absolute atomic E-state index is 14.1. The highest BCUT2D eigenvalue weighted by atomic mass is 32.2. The Morgan fingerprint density at radius 1 is 0.953 bits per heavy atom. The van der Waals surface area contributed by atoms with Gasteiger partial charge in [0.1, 0.15) is 0 Å². The van der Waals surface area contributed by atoms with Crippen molar-refractivity contribution in [2.75, 3.05) is 13.2 Å². The van der Waals surface area contributed by atoms with Crippen molar-refractivity contribution in [2.45, 2.75) is 116 Å². The van der Waals surface area contributed by atoms with Crippen LogP contribution in [0.2, 0.25) is 0 Å². The first-order valence-corrected chi connectivity index (χ1v) is 18.2. The Hall–Kier alpha value is -1.25. The second-order valence-corrected chi connectivity index (χ2v) is 18.5. The van der Waals surface area contributed by atoms with Gasteiger partial charge in [-0.1, -0.05) is 45.1 Å². The van der Waals surface area contributed by atoms with Crippen molar-refractivity contribution in [3.05, 3.63) is 42.0 Å². The summed E-state index contributed by atoms with van der Waals surface area (Å²) in [7, 11) is -3.83. The molecule has 0 bridgehead atoms. The SMILES string of the molecule is C=C(C)[C@@H]1CC[C@]2(CO)CC[C@]3(C)[C@H](CC[C@@H]4[C@@]5(C)CCN(S(=O)(=O)c6cccc(C(O)O)c6)C(C)(C)C5CC[C@]43C)[C@@H]12. The average Bonchev–Trinajstić information content (AvgIpc) is 3.33. The minimum absolute atomic E-state index is 0.0224. The Balaban J connectivity index is 1.34. The quantitative estimate of drug-likeness (QED) is 0.255. The van der Waals surface area contributed by atoms with Gasteiger partial charge in [0.15, 0.2) is 6.29 Å². The van der Waals surface area contributed by atoms with E-state index < -0.39 is 21.9 Å². The predicted molar refractivity (Wildman–Crippen MR) is 169 cm³/mol. The fraction of sp³-hybridized carbons (Fsp3) is 0.778. The lowest BCUT2D eigenvalue weighted by Gasteiger charge is -2.73. The topological polar surface area (TPSA) is 98.1 Å². The number of nitrogens with zero attached hydrogens (tertiary/aromatic N) is 1. The molecule has 1 saturated heterocycles. The molecular weight excluding hydrogens is 558 g/mol. The van der Waals surface area contributed by atoms with Gasteiger partial charge < -0.3 is 15.3 Å². The zero-order valence-corrected chi connectivity index (χ0v) is 28.1. The molecule has 240 valence electrons. The lowest BCUT2D eigenvalue weighted by atomic mass is 9.33. The Morgan fingerprint density at radius 2 is 1.67 bits per heavy atom. The zero-order valence-electron chi connectivity index (χ0n) is 27.3. The molecule has 7 heteroatoms. The number of hydrogen-bond acceptors (Lipinski definition) is 5. The lowest BCUT2D eigenvalue weighted by Crippen LogP contribution is -2.70. The second kappa shape index (κ2) is 10.1. The van der Waals surface area contributed by atoms with Gasteiger partial charge in [-0.3, -0.25) is 0 Å². The average molecular weight is 614 g/mol. The minimum Gasteiger partial charge on any atom is -0.396 e. The van der Waals surface area contributed by atoms with Gasteiger partial charge in [0.25, 0.3) is 0 Å². The third-order valence-corrected chi connectivity index (χ3v) is 17.0. The number of allylic oxidation sites excluding steroid dienone is 1. The van der Waals surface area contributed by atoms with Gasteiger partial charge in [-0.25, -0.2) is 8.42 Å². The minimum atomic E-state index is -3.83. The van der Waals surface area contributed by atoms with Gasteiger partial charge in [0.05, 0.1) is 4.90 Å². The van der Waals surface area contributed by atoms with Crippen molar-refractivity contribution in [2.24, 2.45) is 51.2 Å². The van der Waals surface area contributed by atoms with Gasteiger partial charge in [0, 0.05) is 24.3 Å². The van der Waals surface area contributed by atoms with Crippen molar-refractivity contribution in [3.63, 3.8) is 0 Å². The van der Waals surface area contributed by atoms with Gasteiger partial charge in [-0.05, 0) is 142 Å². The van der Waals surface area contributed by atoms with Crippen molar-refractivity contribution < 1.29 is 23.7 Å². The van der Waals surface area contributed by atoms with Crippen LogP contribution in [0.5, 0.6) is 0 Å². The summed E-state index contributed by atoms with van der Waals surface area (Å²) in [5, 5.41) is 30.2. The summed E-state index contributed by atoms with van der Waals surface area (Å²) in [6, 6.07) is 6.11. The molecule has 1 unspecified atom stereocenters. The number of piperidine rings is 1. The standard InChI is InChI=1S/C36H55NO5S/c1-23(2)26-13-16-36(22-38)18-17-34(6)27(30(26)36)11-12-29-33(5)19-20-37(32(3,4)28(33)14-15-35(29,34)7)43(41,42)25-10-8-9-24(21-25)31(39)40/h8-10,21,26-31,38-40H,1,11-20,22H2,2-7H3/t26-,27+,28?,29+,30+,33-,34+,35+,36+/m0/s1. The van der Waals surface area contributed by atoms with Crippen molar-refractivity contribution in [1.82, 2.24) is 4.31 Å². The molecule has 0 spiro atoms. The predicted octanol–water partition coefficient (Wildman–Crippen LogP) is 6.67. The van der Waals surface area contributed by atoms with E-state index in [0.29, 0.717) is 36.8 Å². The summed E-state index contributed by atoms with van der Waals surface area (Å²) in [4.78, 5) is 0.127. The molecule has 0 aromatic heterocycles. The van der Waals surface area contributed by atoms with Crippen LogP contribution in [0, 0.1) is 51.2 Å². The Labute approximate surface area is 260 Å². The summed E-state index contributed by atoms with van der Waals surface area (Å²) in [6.45, 7) is 19.3. The van der Waals surface area contributed by atoms with Crippen LogP contribution in [0.1, 0.15) is 111 Å². The first-order valence-electron chi connectivity index (χ1n) is 16.7. The number of sulfonamides is 1. The van der Waals surface area contributed by atoms with Gasteiger partial charge in [-0.2, -0.15) is 4.31 Å². The van der Waals surface area contributed by atoms with Gasteiger partial charge in [0.2, 0.25) is 10.0 Å². The Kier molecular flexibility index (Phi) is 7.47. The molecular formula is C36H55NO5S. The number of aliphatic hydroxyl groups is 3. The van der Waals surface area contributed by atoms with Crippen LogP contribution >= 0.6 is 0 Å². The Morgan fingerprint density at radius 3 is 2.33 bits per heavy atom. The molecule has 1 aliphatic heterocycles. The van der Waals surface area contributed by atoms with E-state index in [9.17, 15) is 23.7 Å². The van der Waals surface area contributed by atoms with E-state index in [1.807, 2.05) is 0 Å². The van der Waals surface area contributed by atoms with Crippen LogP contribution in [-0.4, -0.2) is 46.7 Å². The summed E-state index contributed by atoms with van der Waals surface area (Å²) in [5.74, 6) is 2.34. The summed E-state index contributed by atoms with van der Waals surface area (Å²) >= 11 is 0. The summed E-state index contributed by atoms with van der Waals surface area (Å²) < 4.78 is 30.0. The molecule has 1 aromatic carbocycles. The van der Waals surface area contributed by atoms with Crippen LogP contribution in [0.25, 0.3) is 0 Å². The highest BCUT2D eigenvalue weighted by Crippen LogP contribution is 2.76. The molecule has 1 heterocycles. The Bertz CT molecular complexity index is 1390. The van der Waals surface area contributed by atoms with E-state index in [4.69, 9.17) is 0 Å². The molecule has 0 radical (unpaired) electrons. The van der Waals surface area contributed by atoms with Crippen molar-refractivity contribution in [1.29, 1.82) is 0 Å². The molecule has 5 aliphatic rings. The first kappa shape index (κ1) is 31.7. The van der Waals surface area contributed by atoms with Crippen LogP contribution in [0.15, 0.2) is 41.3 Å². The first-order chi connectivity index (χ1) is 20.0. The maximum atomic E-state index is 14.1. The summed E-state index contributed by atoms with van der Waals surface area (Å²) in [5.41, 5.74) is 1.32. The highest BCUT2D eigenvalue weighted by Gasteiger charge is 2.71. The van der Waals surface area contributed by atoms with Crippen LogP contribution in [-0.2, 0) is 10.0 Å². The van der Waals surface area contributed by atoms with E-state index in [-0.39, 0.29) is 38.0 Å². The van der Waals surface area contributed by atoms with E-state index in [0.717, 1.165) is 38.5 Å². The maximum Gasteiger partial charge on any atom is 0.243 e. The number of hydrogen-bond donors (Lipinski definition) is 3. The fourth-order valence-electron chi connectivity index (χ4n) is 12.6. The van der Waals surface area contributed by atoms with Crippen LogP contribution < -0.4 is 0 Å². The molecule has 5 fully saturated rings. The van der Waals surface area contributed by atoms with E-state index in [1.165, 1.54) is 30.9 Å². The molecule has 4 saturated carbocycles. The number of benzene rings is 1. The summed E-state index contributed by atoms with van der Waals surface area (Å²) in [6.07, 6.45) is 8.14. The lowest BCUT2D eigenvalue weighted by molar-refractivity contribution is -0.238. The normalized spacial score (nSPS) is 44.3. The monoisotopic (exact) mass is 613 g/mol. The van der Waals surface area contributed by atoms with Crippen molar-refractivity contribution in [3.8, 4) is 0 Å². The number of aliphatic hydroxyl groups excluding tert-OH is 2. The van der Waals surface area contributed by atoms with Gasteiger partial charge >= 0.3 is 0 Å². The largest absolute Gasteiger partial charge is 0.396 e. The smallest absolute Gasteiger partial charge is 0.243 e. The molecule has 6 nitrogen and oxygen atoms in total. The van der Waals surface area contributed by atoms with Crippen LogP contribution in [0.4, 0.5) is 0 Å². The third kappa shape index (κ3) is 4.20. The van der Waals surface area contributed by atoms with Crippen molar-refractivity contribution >= 4 is 10.0 Å². The molecule has 3 N–H and O–H groups in total. The molecule has 4 aliphatic carbocycles. The van der Waals surface area contributed by atoms with E-state index in [1.54, 1.807) is 22.5 Å². The van der Waals surface area contributed by atoms with Crippen LogP contribution in [0.3, 0.4) is 0 Å². The van der Waals surface area contributed by atoms with E-state index >= 15 is 0 Å². The molecule has 9 atom stereocenters. The molecule has 43 heavy (non-hydrogen) atoms. The number of fused-ring (bicyclic) bond motifs is 7. The zero-order chi connectivity index (χ0) is 31.4. The fourth-order valence-corrected chi connectivity index (χ4v) is 14.5. The second-order valence-electron chi connectivity index (χ2n) is 16.6. The molecule has 0 amide bonds. The van der Waals surface area contributed by atoms with Gasteiger partial charge in [-0.15, -0.1) is 0 Å². The van der Waals surface area contributed by atoms with E-state index in [2.05, 4.69) is 48.1 Å². The third-order valence-electron chi connectivity index (χ3n) is 14.9.